The van der Waals surface area contributed by atoms with Crippen LogP contribution in [0.15, 0.2) is 18.2 Å². The summed E-state index contributed by atoms with van der Waals surface area (Å²) in [4.78, 5) is 4.28. The van der Waals surface area contributed by atoms with Crippen LogP contribution < -0.4 is 5.32 Å². The van der Waals surface area contributed by atoms with Gasteiger partial charge in [0.25, 0.3) is 0 Å². The van der Waals surface area contributed by atoms with Crippen molar-refractivity contribution in [2.24, 2.45) is 0 Å². The Labute approximate surface area is 106 Å². The Balaban J connectivity index is 1.97. The van der Waals surface area contributed by atoms with Crippen LogP contribution in [0.25, 0.3) is 10.2 Å². The number of aromatic nitrogens is 1. The predicted molar refractivity (Wildman–Crippen MR) is 71.6 cm³/mol. The second-order valence-corrected chi connectivity index (χ2v) is 6.27. The molecular formula is C11H13FN2OS2. The van der Waals surface area contributed by atoms with Crippen molar-refractivity contribution >= 4 is 37.5 Å². The summed E-state index contributed by atoms with van der Waals surface area (Å²) in [7, 11) is -0.748. The van der Waals surface area contributed by atoms with Gasteiger partial charge in [-0.15, -0.1) is 0 Å². The lowest BCUT2D eigenvalue weighted by atomic mass is 10.3. The first-order valence-electron chi connectivity index (χ1n) is 5.25. The molecule has 0 aliphatic heterocycles. The van der Waals surface area contributed by atoms with Gasteiger partial charge in [0, 0.05) is 35.4 Å². The van der Waals surface area contributed by atoms with Crippen molar-refractivity contribution in [3.63, 3.8) is 0 Å². The zero-order chi connectivity index (χ0) is 12.3. The average Bonchev–Trinajstić information content (AvgIpc) is 2.66. The van der Waals surface area contributed by atoms with Crippen LogP contribution in [-0.2, 0) is 10.8 Å². The van der Waals surface area contributed by atoms with E-state index in [0.717, 1.165) is 22.8 Å². The Bertz CT molecular complexity index is 541. The molecule has 1 heterocycles. The third-order valence-corrected chi connectivity index (χ3v) is 4.09. The number of thiazole rings is 1. The Kier molecular flexibility index (Phi) is 4.06. The molecule has 0 amide bonds. The molecule has 0 saturated carbocycles. The highest BCUT2D eigenvalue weighted by atomic mass is 32.2. The van der Waals surface area contributed by atoms with Crippen molar-refractivity contribution in [3.8, 4) is 0 Å². The average molecular weight is 272 g/mol. The topological polar surface area (TPSA) is 42.0 Å². The number of anilines is 1. The number of nitrogens with zero attached hydrogens (tertiary/aromatic N) is 1. The summed E-state index contributed by atoms with van der Waals surface area (Å²) in [6.07, 6.45) is 2.54. The zero-order valence-electron chi connectivity index (χ0n) is 9.40. The van der Waals surface area contributed by atoms with Crippen LogP contribution in [0.2, 0.25) is 0 Å². The summed E-state index contributed by atoms with van der Waals surface area (Å²) in [5, 5.41) is 3.94. The number of hydrogen-bond acceptors (Lipinski definition) is 4. The summed E-state index contributed by atoms with van der Waals surface area (Å²) in [5.41, 5.74) is 0.677. The standard InChI is InChI=1S/C11H13FN2OS2/c1-17(15)6-2-5-13-11-14-9-7-8(12)3-4-10(9)16-11/h3-4,7H,2,5-6H2,1H3,(H,13,14). The molecule has 3 nitrogen and oxygen atoms in total. The predicted octanol–water partition coefficient (Wildman–Crippen LogP) is 2.62. The molecule has 1 unspecified atom stereocenters. The minimum absolute atomic E-state index is 0.268. The summed E-state index contributed by atoms with van der Waals surface area (Å²) < 4.78 is 24.8. The molecule has 1 aromatic heterocycles. The van der Waals surface area contributed by atoms with Crippen molar-refractivity contribution in [3.05, 3.63) is 24.0 Å². The molecule has 2 rings (SSSR count). The normalized spacial score (nSPS) is 12.8. The summed E-state index contributed by atoms with van der Waals surface area (Å²) in [5.74, 6) is 0.419. The number of benzene rings is 1. The lowest BCUT2D eigenvalue weighted by Gasteiger charge is -1.99. The van der Waals surface area contributed by atoms with Crippen molar-refractivity contribution in [1.82, 2.24) is 4.98 Å². The van der Waals surface area contributed by atoms with E-state index in [0.29, 0.717) is 11.3 Å². The van der Waals surface area contributed by atoms with Gasteiger partial charge in [0.15, 0.2) is 5.13 Å². The van der Waals surface area contributed by atoms with E-state index in [1.165, 1.54) is 23.5 Å². The molecule has 17 heavy (non-hydrogen) atoms. The van der Waals surface area contributed by atoms with E-state index in [1.807, 2.05) is 0 Å². The fourth-order valence-electron chi connectivity index (χ4n) is 1.45. The Morgan fingerprint density at radius 3 is 3.12 bits per heavy atom. The Morgan fingerprint density at radius 2 is 2.35 bits per heavy atom. The monoisotopic (exact) mass is 272 g/mol. The van der Waals surface area contributed by atoms with E-state index in [-0.39, 0.29) is 5.82 Å². The maximum Gasteiger partial charge on any atom is 0.183 e. The van der Waals surface area contributed by atoms with Gasteiger partial charge in [0.1, 0.15) is 5.82 Å². The fraction of sp³-hybridized carbons (Fsp3) is 0.364. The largest absolute Gasteiger partial charge is 0.361 e. The minimum atomic E-state index is -0.748. The van der Waals surface area contributed by atoms with Gasteiger partial charge in [-0.3, -0.25) is 4.21 Å². The summed E-state index contributed by atoms with van der Waals surface area (Å²) in [6.45, 7) is 0.738. The van der Waals surface area contributed by atoms with Crippen LogP contribution in [0.5, 0.6) is 0 Å². The first kappa shape index (κ1) is 12.4. The van der Waals surface area contributed by atoms with E-state index in [4.69, 9.17) is 0 Å². The molecule has 1 atom stereocenters. The quantitative estimate of drug-likeness (QED) is 0.851. The lowest BCUT2D eigenvalue weighted by molar-refractivity contribution is 0.629. The van der Waals surface area contributed by atoms with Crippen molar-refractivity contribution < 1.29 is 8.60 Å². The number of nitrogens with one attached hydrogen (secondary N) is 1. The van der Waals surface area contributed by atoms with Gasteiger partial charge in [0.05, 0.1) is 10.2 Å². The van der Waals surface area contributed by atoms with Crippen molar-refractivity contribution in [2.75, 3.05) is 23.9 Å². The van der Waals surface area contributed by atoms with Gasteiger partial charge in [-0.1, -0.05) is 11.3 Å². The van der Waals surface area contributed by atoms with Crippen LogP contribution in [0.1, 0.15) is 6.42 Å². The van der Waals surface area contributed by atoms with Gasteiger partial charge in [-0.2, -0.15) is 0 Å². The second-order valence-electron chi connectivity index (χ2n) is 3.69. The molecule has 1 aromatic carbocycles. The fourth-order valence-corrected chi connectivity index (χ4v) is 2.87. The number of halogens is 1. The SMILES string of the molecule is CS(=O)CCCNc1nc2cc(F)ccc2s1. The van der Waals surface area contributed by atoms with Gasteiger partial charge in [0.2, 0.25) is 0 Å². The van der Waals surface area contributed by atoms with Gasteiger partial charge < -0.3 is 5.32 Å². The van der Waals surface area contributed by atoms with Gasteiger partial charge in [-0.25, -0.2) is 9.37 Å². The third kappa shape index (κ3) is 3.47. The number of hydrogen-bond donors (Lipinski definition) is 1. The van der Waals surface area contributed by atoms with E-state index in [2.05, 4.69) is 10.3 Å². The molecule has 92 valence electrons. The molecule has 0 spiro atoms. The molecule has 1 N–H and O–H groups in total. The molecule has 0 aliphatic rings. The van der Waals surface area contributed by atoms with Crippen LogP contribution >= 0.6 is 11.3 Å². The second kappa shape index (κ2) is 5.55. The van der Waals surface area contributed by atoms with E-state index < -0.39 is 10.8 Å². The first-order chi connectivity index (χ1) is 8.15. The number of rotatable bonds is 5. The lowest BCUT2D eigenvalue weighted by Crippen LogP contribution is -2.05. The van der Waals surface area contributed by atoms with E-state index >= 15 is 0 Å². The number of fused-ring (bicyclic) bond motifs is 1. The highest BCUT2D eigenvalue weighted by Crippen LogP contribution is 2.26. The van der Waals surface area contributed by atoms with E-state index in [1.54, 1.807) is 12.3 Å². The van der Waals surface area contributed by atoms with Crippen molar-refractivity contribution in [2.45, 2.75) is 6.42 Å². The highest BCUT2D eigenvalue weighted by Gasteiger charge is 2.04. The van der Waals surface area contributed by atoms with Gasteiger partial charge in [-0.05, 0) is 18.6 Å². The molecule has 2 aromatic rings. The maximum absolute atomic E-state index is 13.0. The van der Waals surface area contributed by atoms with Crippen LogP contribution in [0, 0.1) is 5.82 Å². The summed E-state index contributed by atoms with van der Waals surface area (Å²) in [6, 6.07) is 4.59. The molecule has 0 fully saturated rings. The smallest absolute Gasteiger partial charge is 0.183 e. The molecule has 6 heteroatoms. The Morgan fingerprint density at radius 1 is 1.53 bits per heavy atom. The molecular weight excluding hydrogens is 259 g/mol. The highest BCUT2D eigenvalue weighted by molar-refractivity contribution is 7.84. The maximum atomic E-state index is 13.0. The van der Waals surface area contributed by atoms with Crippen LogP contribution in [0.4, 0.5) is 9.52 Å². The first-order valence-corrected chi connectivity index (χ1v) is 7.79. The molecule has 0 radical (unpaired) electrons. The van der Waals surface area contributed by atoms with E-state index in [9.17, 15) is 8.60 Å². The minimum Gasteiger partial charge on any atom is -0.361 e. The van der Waals surface area contributed by atoms with Gasteiger partial charge >= 0.3 is 0 Å². The zero-order valence-corrected chi connectivity index (χ0v) is 11.0. The molecule has 0 aliphatic carbocycles. The Hall–Kier alpha value is -1.01. The van der Waals surface area contributed by atoms with Crippen LogP contribution in [-0.4, -0.2) is 27.7 Å². The summed E-state index contributed by atoms with van der Waals surface area (Å²) >= 11 is 1.50. The molecule has 0 bridgehead atoms. The third-order valence-electron chi connectivity index (χ3n) is 2.23. The van der Waals surface area contributed by atoms with Crippen molar-refractivity contribution in [1.29, 1.82) is 0 Å². The molecule has 0 saturated heterocycles. The van der Waals surface area contributed by atoms with Crippen LogP contribution in [0.3, 0.4) is 0 Å².